The molecule has 2 aromatic rings. The zero-order chi connectivity index (χ0) is 18.4. The fraction of sp³-hybridized carbons (Fsp3) is 0.467. The van der Waals surface area contributed by atoms with Crippen LogP contribution in [0.5, 0.6) is 0 Å². The summed E-state index contributed by atoms with van der Waals surface area (Å²) in [4.78, 5) is 20.4. The third kappa shape index (κ3) is 3.15. The monoisotopic (exact) mass is 355 g/mol. The Hall–Kier alpha value is -2.65. The van der Waals surface area contributed by atoms with E-state index in [9.17, 15) is 23.1 Å². The number of carbonyl (C=O) groups is 1. The summed E-state index contributed by atoms with van der Waals surface area (Å²) in [6.45, 7) is 2.01. The van der Waals surface area contributed by atoms with Crippen molar-refractivity contribution in [2.24, 2.45) is 7.05 Å². The van der Waals surface area contributed by atoms with E-state index in [1.807, 2.05) is 0 Å². The number of halogens is 3. The number of aryl methyl sites for hydroxylation is 1. The average Bonchev–Trinajstić information content (AvgIpc) is 3.14. The van der Waals surface area contributed by atoms with Crippen molar-refractivity contribution >= 4 is 11.9 Å². The van der Waals surface area contributed by atoms with E-state index < -0.39 is 23.9 Å². The van der Waals surface area contributed by atoms with Crippen molar-refractivity contribution in [2.45, 2.75) is 32.0 Å². The minimum Gasteiger partial charge on any atom is -0.480 e. The van der Waals surface area contributed by atoms with Crippen LogP contribution in [-0.4, -0.2) is 43.4 Å². The maximum absolute atomic E-state index is 13.3. The lowest BCUT2D eigenvalue weighted by Crippen LogP contribution is -2.37. The van der Waals surface area contributed by atoms with E-state index in [2.05, 4.69) is 15.1 Å². The molecular weight excluding hydrogens is 339 g/mol. The van der Waals surface area contributed by atoms with E-state index >= 15 is 0 Å². The summed E-state index contributed by atoms with van der Waals surface area (Å²) < 4.78 is 41.3. The molecule has 134 valence electrons. The van der Waals surface area contributed by atoms with Gasteiger partial charge in [0.15, 0.2) is 5.69 Å². The van der Waals surface area contributed by atoms with Crippen molar-refractivity contribution in [1.82, 2.24) is 19.7 Å². The zero-order valence-electron chi connectivity index (χ0n) is 13.6. The molecule has 25 heavy (non-hydrogen) atoms. The van der Waals surface area contributed by atoms with Gasteiger partial charge in [0.25, 0.3) is 0 Å². The van der Waals surface area contributed by atoms with Crippen LogP contribution in [0.2, 0.25) is 0 Å². The fourth-order valence-corrected chi connectivity index (χ4v) is 2.86. The first-order valence-electron chi connectivity index (χ1n) is 7.63. The molecule has 0 saturated carbocycles. The van der Waals surface area contributed by atoms with E-state index in [0.29, 0.717) is 30.6 Å². The van der Waals surface area contributed by atoms with Gasteiger partial charge in [-0.1, -0.05) is 0 Å². The third-order valence-electron chi connectivity index (χ3n) is 4.31. The molecule has 0 spiro atoms. The molecule has 1 atom stereocenters. The molecule has 7 nitrogen and oxygen atoms in total. The van der Waals surface area contributed by atoms with E-state index in [1.165, 1.54) is 15.8 Å². The number of carboxylic acid groups (broad SMARTS) is 1. The quantitative estimate of drug-likeness (QED) is 0.909. The topological polar surface area (TPSA) is 84.1 Å². The summed E-state index contributed by atoms with van der Waals surface area (Å²) in [5, 5.41) is 13.3. The lowest BCUT2D eigenvalue weighted by Gasteiger charge is -2.22. The molecule has 0 unspecified atom stereocenters. The molecule has 3 heterocycles. The van der Waals surface area contributed by atoms with Crippen molar-refractivity contribution in [2.75, 3.05) is 11.4 Å². The smallest absolute Gasteiger partial charge is 0.433 e. The van der Waals surface area contributed by atoms with Crippen LogP contribution < -0.4 is 4.90 Å². The number of aliphatic carboxylic acids is 1. The Labute approximate surface area is 141 Å². The Balaban J connectivity index is 2.14. The molecule has 0 aromatic carbocycles. The molecule has 1 saturated heterocycles. The first-order chi connectivity index (χ1) is 11.7. The largest absolute Gasteiger partial charge is 0.480 e. The highest BCUT2D eigenvalue weighted by atomic mass is 19.4. The molecule has 0 bridgehead atoms. The molecule has 1 N–H and O–H groups in total. The van der Waals surface area contributed by atoms with Crippen LogP contribution in [0.4, 0.5) is 19.1 Å². The molecule has 0 aliphatic carbocycles. The number of aromatic nitrogens is 4. The van der Waals surface area contributed by atoms with Crippen molar-refractivity contribution in [1.29, 1.82) is 0 Å². The van der Waals surface area contributed by atoms with Gasteiger partial charge >= 0.3 is 12.1 Å². The summed E-state index contributed by atoms with van der Waals surface area (Å²) in [5.74, 6) is -1.32. The molecule has 1 aliphatic rings. The summed E-state index contributed by atoms with van der Waals surface area (Å²) in [6.07, 6.45) is -2.34. The number of rotatable bonds is 3. The SMILES string of the molecule is Cc1c(-c2cc(C(F)(F)F)nc(N3CCC[C@H]3C(=O)O)n2)cnn1C. The van der Waals surface area contributed by atoms with Gasteiger partial charge < -0.3 is 10.0 Å². The zero-order valence-corrected chi connectivity index (χ0v) is 13.6. The predicted molar refractivity (Wildman–Crippen MR) is 82.0 cm³/mol. The average molecular weight is 355 g/mol. The normalized spacial score (nSPS) is 18.0. The molecular formula is C15H16F3N5O2. The number of hydrogen-bond acceptors (Lipinski definition) is 5. The number of nitrogens with zero attached hydrogens (tertiary/aromatic N) is 5. The Morgan fingerprint density at radius 3 is 2.64 bits per heavy atom. The highest BCUT2D eigenvalue weighted by Gasteiger charge is 2.37. The van der Waals surface area contributed by atoms with Crippen LogP contribution in [0.3, 0.4) is 0 Å². The number of alkyl halides is 3. The second-order valence-corrected chi connectivity index (χ2v) is 5.89. The number of carboxylic acids is 1. The molecule has 1 fully saturated rings. The standard InChI is InChI=1S/C15H16F3N5O2/c1-8-9(7-19-22(8)2)10-6-12(15(16,17)18)21-14(20-10)23-5-3-4-11(23)13(24)25/h6-7,11H,3-5H2,1-2H3,(H,24,25)/t11-/m0/s1. The molecule has 3 rings (SSSR count). The molecule has 1 aliphatic heterocycles. The summed E-state index contributed by atoms with van der Waals surface area (Å²) in [6, 6.07) is -0.0642. The highest BCUT2D eigenvalue weighted by molar-refractivity contribution is 5.78. The Morgan fingerprint density at radius 1 is 1.36 bits per heavy atom. The van der Waals surface area contributed by atoms with Crippen LogP contribution in [0.15, 0.2) is 12.3 Å². The van der Waals surface area contributed by atoms with Crippen LogP contribution >= 0.6 is 0 Å². The Kier molecular flexibility index (Phi) is 4.13. The summed E-state index contributed by atoms with van der Waals surface area (Å²) in [5.41, 5.74) is 0.0578. The predicted octanol–water partition coefficient (Wildman–Crippen LogP) is 2.26. The van der Waals surface area contributed by atoms with Gasteiger partial charge in [0.2, 0.25) is 5.95 Å². The molecule has 0 radical (unpaired) electrons. The number of hydrogen-bond donors (Lipinski definition) is 1. The van der Waals surface area contributed by atoms with E-state index in [1.54, 1.807) is 14.0 Å². The van der Waals surface area contributed by atoms with E-state index in [0.717, 1.165) is 6.07 Å². The van der Waals surface area contributed by atoms with Gasteiger partial charge in [-0.2, -0.15) is 18.3 Å². The van der Waals surface area contributed by atoms with Crippen molar-refractivity contribution in [3.05, 3.63) is 23.7 Å². The van der Waals surface area contributed by atoms with Crippen LogP contribution in [0.1, 0.15) is 24.2 Å². The van der Waals surface area contributed by atoms with Gasteiger partial charge in [0.05, 0.1) is 11.9 Å². The van der Waals surface area contributed by atoms with Gasteiger partial charge in [-0.25, -0.2) is 14.8 Å². The molecule has 0 amide bonds. The first-order valence-corrected chi connectivity index (χ1v) is 7.63. The highest BCUT2D eigenvalue weighted by Crippen LogP contribution is 2.34. The first kappa shape index (κ1) is 17.2. The van der Waals surface area contributed by atoms with Crippen LogP contribution in [0.25, 0.3) is 11.3 Å². The summed E-state index contributed by atoms with van der Waals surface area (Å²) in [7, 11) is 1.67. The van der Waals surface area contributed by atoms with Crippen molar-refractivity contribution in [3.8, 4) is 11.3 Å². The summed E-state index contributed by atoms with van der Waals surface area (Å²) >= 11 is 0. The van der Waals surface area contributed by atoms with E-state index in [-0.39, 0.29) is 11.6 Å². The maximum atomic E-state index is 13.3. The lowest BCUT2D eigenvalue weighted by molar-refractivity contribution is -0.141. The van der Waals surface area contributed by atoms with Crippen molar-refractivity contribution in [3.63, 3.8) is 0 Å². The van der Waals surface area contributed by atoms with Gasteiger partial charge in [-0.3, -0.25) is 4.68 Å². The lowest BCUT2D eigenvalue weighted by atomic mass is 10.1. The van der Waals surface area contributed by atoms with Gasteiger partial charge in [-0.15, -0.1) is 0 Å². The van der Waals surface area contributed by atoms with Crippen LogP contribution in [-0.2, 0) is 18.0 Å². The minimum absolute atomic E-state index is 0.0685. The molecule has 10 heteroatoms. The van der Waals surface area contributed by atoms with Gasteiger partial charge in [0.1, 0.15) is 6.04 Å². The van der Waals surface area contributed by atoms with Crippen LogP contribution in [0, 0.1) is 6.92 Å². The minimum atomic E-state index is -4.67. The number of anilines is 1. The maximum Gasteiger partial charge on any atom is 0.433 e. The van der Waals surface area contributed by atoms with Crippen molar-refractivity contribution < 1.29 is 23.1 Å². The second-order valence-electron chi connectivity index (χ2n) is 5.89. The van der Waals surface area contributed by atoms with E-state index in [4.69, 9.17) is 0 Å². The third-order valence-corrected chi connectivity index (χ3v) is 4.31. The Bertz CT molecular complexity index is 818. The van der Waals surface area contributed by atoms with Gasteiger partial charge in [-0.05, 0) is 25.8 Å². The second kappa shape index (κ2) is 6.01. The van der Waals surface area contributed by atoms with Gasteiger partial charge in [0, 0.05) is 24.8 Å². The molecule has 2 aromatic heterocycles. The fourth-order valence-electron chi connectivity index (χ4n) is 2.86. The Morgan fingerprint density at radius 2 is 2.08 bits per heavy atom.